The SMILES string of the molecule is CCOC1C(=O)CC1Oc1cccc(C(F)(F)F)c1. The Morgan fingerprint density at radius 2 is 2.11 bits per heavy atom. The van der Waals surface area contributed by atoms with Crippen LogP contribution in [0, 0.1) is 0 Å². The van der Waals surface area contributed by atoms with Crippen LogP contribution in [0.3, 0.4) is 0 Å². The summed E-state index contributed by atoms with van der Waals surface area (Å²) in [5, 5.41) is 0. The number of ether oxygens (including phenoxy) is 2. The van der Waals surface area contributed by atoms with Gasteiger partial charge in [-0.15, -0.1) is 0 Å². The van der Waals surface area contributed by atoms with Crippen LogP contribution in [0.2, 0.25) is 0 Å². The molecule has 3 nitrogen and oxygen atoms in total. The van der Waals surface area contributed by atoms with Gasteiger partial charge in [0.05, 0.1) is 5.56 Å². The van der Waals surface area contributed by atoms with Crippen LogP contribution in [0.25, 0.3) is 0 Å². The number of hydrogen-bond donors (Lipinski definition) is 0. The van der Waals surface area contributed by atoms with Crippen molar-refractivity contribution in [1.82, 2.24) is 0 Å². The molecule has 0 aromatic heterocycles. The molecule has 1 aliphatic carbocycles. The van der Waals surface area contributed by atoms with Crippen molar-refractivity contribution >= 4 is 5.78 Å². The third-order valence-corrected chi connectivity index (χ3v) is 2.85. The normalized spacial score (nSPS) is 23.1. The molecule has 1 aromatic carbocycles. The van der Waals surface area contributed by atoms with Gasteiger partial charge >= 0.3 is 6.18 Å². The minimum absolute atomic E-state index is 0.0844. The van der Waals surface area contributed by atoms with Gasteiger partial charge in [-0.25, -0.2) is 0 Å². The topological polar surface area (TPSA) is 35.5 Å². The maximum Gasteiger partial charge on any atom is 0.416 e. The lowest BCUT2D eigenvalue weighted by Gasteiger charge is -2.34. The molecular weight excluding hydrogens is 261 g/mol. The molecule has 2 rings (SSSR count). The van der Waals surface area contributed by atoms with Crippen molar-refractivity contribution in [3.63, 3.8) is 0 Å². The Hall–Kier alpha value is -1.56. The highest BCUT2D eigenvalue weighted by Crippen LogP contribution is 2.33. The van der Waals surface area contributed by atoms with Gasteiger partial charge in [0.1, 0.15) is 11.9 Å². The van der Waals surface area contributed by atoms with Crippen molar-refractivity contribution in [3.05, 3.63) is 29.8 Å². The predicted octanol–water partition coefficient (Wildman–Crippen LogP) is 2.83. The third kappa shape index (κ3) is 3.07. The zero-order valence-corrected chi connectivity index (χ0v) is 10.2. The van der Waals surface area contributed by atoms with Crippen molar-refractivity contribution in [2.45, 2.75) is 31.7 Å². The molecular formula is C13H13F3O3. The van der Waals surface area contributed by atoms with E-state index >= 15 is 0 Å². The maximum absolute atomic E-state index is 12.5. The smallest absolute Gasteiger partial charge is 0.416 e. The first-order chi connectivity index (χ1) is 8.91. The van der Waals surface area contributed by atoms with Crippen molar-refractivity contribution in [1.29, 1.82) is 0 Å². The molecule has 1 aliphatic rings. The van der Waals surface area contributed by atoms with Gasteiger partial charge < -0.3 is 9.47 Å². The number of rotatable bonds is 4. The van der Waals surface area contributed by atoms with E-state index in [2.05, 4.69) is 0 Å². The third-order valence-electron chi connectivity index (χ3n) is 2.85. The van der Waals surface area contributed by atoms with E-state index in [1.165, 1.54) is 12.1 Å². The minimum atomic E-state index is -4.41. The van der Waals surface area contributed by atoms with Gasteiger partial charge in [0.25, 0.3) is 0 Å². The molecule has 0 bridgehead atoms. The monoisotopic (exact) mass is 274 g/mol. The van der Waals surface area contributed by atoms with Crippen LogP contribution in [-0.2, 0) is 15.7 Å². The van der Waals surface area contributed by atoms with Gasteiger partial charge in [-0.3, -0.25) is 4.79 Å². The largest absolute Gasteiger partial charge is 0.487 e. The standard InChI is InChI=1S/C13H13F3O3/c1-2-18-12-10(17)7-11(12)19-9-5-3-4-8(6-9)13(14,15)16/h3-6,11-12H,2,7H2,1H3. The van der Waals surface area contributed by atoms with E-state index in [0.717, 1.165) is 12.1 Å². The van der Waals surface area contributed by atoms with Crippen LogP contribution in [0.4, 0.5) is 13.2 Å². The molecule has 1 aromatic rings. The van der Waals surface area contributed by atoms with Crippen molar-refractivity contribution < 1.29 is 27.4 Å². The quantitative estimate of drug-likeness (QED) is 0.847. The van der Waals surface area contributed by atoms with Crippen molar-refractivity contribution in [2.24, 2.45) is 0 Å². The van der Waals surface area contributed by atoms with E-state index in [1.54, 1.807) is 6.92 Å². The lowest BCUT2D eigenvalue weighted by Crippen LogP contribution is -2.52. The fourth-order valence-electron chi connectivity index (χ4n) is 1.87. The molecule has 1 saturated carbocycles. The van der Waals surface area contributed by atoms with Gasteiger partial charge in [0, 0.05) is 13.0 Å². The Labute approximate surface area is 108 Å². The molecule has 2 atom stereocenters. The molecule has 104 valence electrons. The molecule has 0 N–H and O–H groups in total. The fraction of sp³-hybridized carbons (Fsp3) is 0.462. The second-order valence-corrected chi connectivity index (χ2v) is 4.23. The van der Waals surface area contributed by atoms with E-state index in [0.29, 0.717) is 6.61 Å². The summed E-state index contributed by atoms with van der Waals surface area (Å²) in [6.45, 7) is 2.10. The maximum atomic E-state index is 12.5. The summed E-state index contributed by atoms with van der Waals surface area (Å²) < 4.78 is 48.1. The fourth-order valence-corrected chi connectivity index (χ4v) is 1.87. The highest BCUT2D eigenvalue weighted by Gasteiger charge is 2.42. The predicted molar refractivity (Wildman–Crippen MR) is 60.9 cm³/mol. The zero-order chi connectivity index (χ0) is 14.0. The van der Waals surface area contributed by atoms with E-state index in [1.807, 2.05) is 0 Å². The molecule has 0 amide bonds. The van der Waals surface area contributed by atoms with E-state index < -0.39 is 23.9 Å². The van der Waals surface area contributed by atoms with E-state index in [-0.39, 0.29) is 18.0 Å². The van der Waals surface area contributed by atoms with Crippen LogP contribution in [0.1, 0.15) is 18.9 Å². The molecule has 19 heavy (non-hydrogen) atoms. The number of Topliss-reactive ketones (excluding diaryl/α,β-unsaturated/α-hetero) is 1. The van der Waals surface area contributed by atoms with Gasteiger partial charge in [-0.05, 0) is 25.1 Å². The molecule has 0 aliphatic heterocycles. The average molecular weight is 274 g/mol. The second-order valence-electron chi connectivity index (χ2n) is 4.23. The van der Waals surface area contributed by atoms with Gasteiger partial charge in [-0.2, -0.15) is 13.2 Å². The van der Waals surface area contributed by atoms with Gasteiger partial charge in [0.15, 0.2) is 11.9 Å². The molecule has 0 heterocycles. The molecule has 0 spiro atoms. The Morgan fingerprint density at radius 1 is 1.37 bits per heavy atom. The first kappa shape index (κ1) is 13.9. The number of carbonyl (C=O) groups is 1. The molecule has 2 unspecified atom stereocenters. The molecule has 0 saturated heterocycles. The first-order valence-corrected chi connectivity index (χ1v) is 5.90. The van der Waals surface area contributed by atoms with Gasteiger partial charge in [-0.1, -0.05) is 6.07 Å². The molecule has 6 heteroatoms. The number of alkyl halides is 3. The van der Waals surface area contributed by atoms with Crippen LogP contribution in [0.5, 0.6) is 5.75 Å². The summed E-state index contributed by atoms with van der Waals surface area (Å²) in [6, 6.07) is 4.60. The first-order valence-electron chi connectivity index (χ1n) is 5.90. The van der Waals surface area contributed by atoms with Crippen molar-refractivity contribution in [2.75, 3.05) is 6.61 Å². The summed E-state index contributed by atoms with van der Waals surface area (Å²) in [4.78, 5) is 11.3. The Morgan fingerprint density at radius 3 is 2.68 bits per heavy atom. The summed E-state index contributed by atoms with van der Waals surface area (Å²) in [7, 11) is 0. The number of hydrogen-bond acceptors (Lipinski definition) is 3. The molecule has 1 fully saturated rings. The lowest BCUT2D eigenvalue weighted by atomic mass is 9.90. The minimum Gasteiger partial charge on any atom is -0.487 e. The summed E-state index contributed by atoms with van der Waals surface area (Å²) in [5.74, 6) is 0.0101. The second kappa shape index (κ2) is 5.21. The average Bonchev–Trinajstić information content (AvgIpc) is 2.35. The summed E-state index contributed by atoms with van der Waals surface area (Å²) in [6.07, 6.45) is -5.41. The van der Waals surface area contributed by atoms with Crippen LogP contribution >= 0.6 is 0 Å². The van der Waals surface area contributed by atoms with Gasteiger partial charge in [0.2, 0.25) is 0 Å². The highest BCUT2D eigenvalue weighted by atomic mass is 19.4. The van der Waals surface area contributed by atoms with Crippen LogP contribution < -0.4 is 4.74 Å². The number of benzene rings is 1. The Kier molecular flexibility index (Phi) is 3.80. The number of carbonyl (C=O) groups excluding carboxylic acids is 1. The number of halogens is 3. The van der Waals surface area contributed by atoms with E-state index in [4.69, 9.17) is 9.47 Å². The lowest BCUT2D eigenvalue weighted by molar-refractivity contribution is -0.154. The highest BCUT2D eigenvalue weighted by molar-refractivity contribution is 5.90. The molecule has 0 radical (unpaired) electrons. The van der Waals surface area contributed by atoms with Crippen molar-refractivity contribution in [3.8, 4) is 5.75 Å². The van der Waals surface area contributed by atoms with Crippen LogP contribution in [-0.4, -0.2) is 24.6 Å². The Bertz CT molecular complexity index is 470. The van der Waals surface area contributed by atoms with Crippen LogP contribution in [0.15, 0.2) is 24.3 Å². The summed E-state index contributed by atoms with van der Waals surface area (Å²) in [5.41, 5.74) is -0.774. The number of ketones is 1. The summed E-state index contributed by atoms with van der Waals surface area (Å²) >= 11 is 0. The zero-order valence-electron chi connectivity index (χ0n) is 10.2. The Balaban J connectivity index is 2.06. The van der Waals surface area contributed by atoms with E-state index in [9.17, 15) is 18.0 Å².